The Morgan fingerprint density at radius 2 is 1.50 bits per heavy atom. The quantitative estimate of drug-likeness (QED) is 0.0294. The van der Waals surface area contributed by atoms with Gasteiger partial charge in [-0.15, -0.1) is 0 Å². The number of anilines is 1. The van der Waals surface area contributed by atoms with Crippen molar-refractivity contribution in [2.24, 2.45) is 22.2 Å². The molecular formula is C46H61N11O7. The first kappa shape index (κ1) is 47.9. The van der Waals surface area contributed by atoms with Crippen LogP contribution >= 0.6 is 0 Å². The molecule has 64 heavy (non-hydrogen) atoms. The normalized spacial score (nSPS) is 14.6. The minimum absolute atomic E-state index is 0.0308. The van der Waals surface area contributed by atoms with Gasteiger partial charge in [-0.3, -0.25) is 33.8 Å². The lowest BCUT2D eigenvalue weighted by Crippen LogP contribution is -2.66. The van der Waals surface area contributed by atoms with Gasteiger partial charge in [0, 0.05) is 67.8 Å². The number of guanidine groups is 1. The Labute approximate surface area is 372 Å². The van der Waals surface area contributed by atoms with Crippen LogP contribution in [0.4, 0.5) is 5.69 Å². The highest BCUT2D eigenvalue weighted by Gasteiger charge is 2.44. The molecule has 0 bridgehead atoms. The first-order valence-electron chi connectivity index (χ1n) is 21.6. The number of nitrogens with zero attached hydrogens (tertiary/aromatic N) is 2. The number of nitrogens with one attached hydrogen (secondary N) is 6. The predicted molar refractivity (Wildman–Crippen MR) is 245 cm³/mol. The first-order valence-corrected chi connectivity index (χ1v) is 21.6. The molecule has 1 aliphatic heterocycles. The molecule has 2 heterocycles. The van der Waals surface area contributed by atoms with Gasteiger partial charge in [-0.05, 0) is 61.4 Å². The van der Waals surface area contributed by atoms with Crippen molar-refractivity contribution in [1.29, 1.82) is 0 Å². The molecule has 1 saturated heterocycles. The highest BCUT2D eigenvalue weighted by atomic mass is 16.5. The third-order valence-electron chi connectivity index (χ3n) is 11.3. The van der Waals surface area contributed by atoms with Crippen molar-refractivity contribution in [3.8, 4) is 5.75 Å². The SMILES string of the molecule is CCCCC(=O)NC1(C(=O)NC(Cc2ccccc2)C(=O)NC(CCCN=C(N)N)C(=O)NC(Cc2c[nH]c3ccccc23)C(=O)NCC(N)=O)CCN(c2cccc(OC)c2)CC1. The second-order valence-electron chi connectivity index (χ2n) is 16.0. The Morgan fingerprint density at radius 3 is 2.20 bits per heavy atom. The Balaban J connectivity index is 1.42. The molecule has 18 heteroatoms. The molecule has 6 amide bonds. The Hall–Kier alpha value is -7.11. The van der Waals surface area contributed by atoms with E-state index in [1.807, 2.05) is 85.8 Å². The summed E-state index contributed by atoms with van der Waals surface area (Å²) in [6.07, 6.45) is 4.27. The number of unbranched alkanes of at least 4 members (excludes halogenated alkanes) is 1. The average molecular weight is 880 g/mol. The molecule has 5 rings (SSSR count). The van der Waals surface area contributed by atoms with Gasteiger partial charge in [0.2, 0.25) is 35.4 Å². The molecule has 3 aromatic carbocycles. The minimum atomic E-state index is -1.35. The number of rotatable bonds is 23. The predicted octanol–water partition coefficient (Wildman–Crippen LogP) is 1.42. The van der Waals surface area contributed by atoms with Gasteiger partial charge in [0.25, 0.3) is 0 Å². The fourth-order valence-corrected chi connectivity index (χ4v) is 7.73. The number of carbonyl (C=O) groups excluding carboxylic acids is 6. The van der Waals surface area contributed by atoms with Crippen LogP contribution in [0.2, 0.25) is 0 Å². The molecule has 3 unspecified atom stereocenters. The van der Waals surface area contributed by atoms with Crippen LogP contribution in [0, 0.1) is 0 Å². The maximum atomic E-state index is 14.7. The number of methoxy groups -OCH3 is 1. The summed E-state index contributed by atoms with van der Waals surface area (Å²) >= 11 is 0. The van der Waals surface area contributed by atoms with Crippen molar-refractivity contribution >= 4 is 58.0 Å². The van der Waals surface area contributed by atoms with E-state index in [2.05, 4.69) is 41.5 Å². The molecule has 3 atom stereocenters. The van der Waals surface area contributed by atoms with E-state index >= 15 is 0 Å². The maximum Gasteiger partial charge on any atom is 0.246 e. The number of hydrogen-bond acceptors (Lipinski definition) is 9. The molecule has 0 spiro atoms. The van der Waals surface area contributed by atoms with Gasteiger partial charge in [0.15, 0.2) is 5.96 Å². The number of carbonyl (C=O) groups is 6. The Bertz CT molecular complexity index is 2250. The van der Waals surface area contributed by atoms with Crippen molar-refractivity contribution in [1.82, 2.24) is 31.6 Å². The van der Waals surface area contributed by atoms with Crippen LogP contribution in [0.1, 0.15) is 63.0 Å². The fraction of sp³-hybridized carbons (Fsp3) is 0.413. The van der Waals surface area contributed by atoms with Crippen LogP contribution < -0.4 is 53.4 Å². The van der Waals surface area contributed by atoms with Crippen molar-refractivity contribution in [2.45, 2.75) is 88.4 Å². The second-order valence-corrected chi connectivity index (χ2v) is 16.0. The summed E-state index contributed by atoms with van der Waals surface area (Å²) < 4.78 is 5.43. The van der Waals surface area contributed by atoms with E-state index in [1.54, 1.807) is 13.3 Å². The van der Waals surface area contributed by atoms with E-state index in [0.717, 1.165) is 34.1 Å². The lowest BCUT2D eigenvalue weighted by atomic mass is 9.85. The van der Waals surface area contributed by atoms with Crippen LogP contribution in [0.15, 0.2) is 90.1 Å². The summed E-state index contributed by atoms with van der Waals surface area (Å²) in [6, 6.07) is 20.5. The number of benzene rings is 3. The molecule has 342 valence electrons. The maximum absolute atomic E-state index is 14.7. The molecule has 1 aliphatic rings. The molecule has 0 saturated carbocycles. The number of aliphatic imine (C=N–C) groups is 1. The molecule has 12 N–H and O–H groups in total. The number of H-pyrrole nitrogens is 1. The zero-order valence-electron chi connectivity index (χ0n) is 36.5. The monoisotopic (exact) mass is 879 g/mol. The highest BCUT2D eigenvalue weighted by molar-refractivity contribution is 5.98. The zero-order valence-corrected chi connectivity index (χ0v) is 36.5. The number of aromatic amines is 1. The number of ether oxygens (including phenoxy) is 1. The van der Waals surface area contributed by atoms with E-state index in [4.69, 9.17) is 21.9 Å². The van der Waals surface area contributed by atoms with E-state index < -0.39 is 59.7 Å². The third kappa shape index (κ3) is 13.7. The standard InChI is InChI=1S/C46H61N11O7/c1-3-4-19-40(59)56-46(20-23-57(24-21-46)32-14-10-15-33(27-32)64-2)44(63)55-37(25-30-12-6-5-7-13-30)43(62)53-36(18-11-22-50-45(48)49)42(61)54-38(41(60)52-29-39(47)58)26-31-28-51-35-17-9-8-16-34(31)35/h5-10,12-17,27-28,36-38,51H,3-4,11,18-26,29H2,1-2H3,(H2,47,58)(H,52,60)(H,53,62)(H,54,61)(H,55,63)(H,56,59)(H4,48,49,50). The number of piperidine rings is 1. The largest absolute Gasteiger partial charge is 0.497 e. The number of primary amides is 1. The molecule has 0 aliphatic carbocycles. The van der Waals surface area contributed by atoms with Gasteiger partial charge in [0.1, 0.15) is 29.4 Å². The van der Waals surface area contributed by atoms with Gasteiger partial charge >= 0.3 is 0 Å². The van der Waals surface area contributed by atoms with Crippen molar-refractivity contribution in [2.75, 3.05) is 38.2 Å². The fourth-order valence-electron chi connectivity index (χ4n) is 7.73. The summed E-state index contributed by atoms with van der Waals surface area (Å²) in [4.78, 5) is 91.4. The van der Waals surface area contributed by atoms with Gasteiger partial charge in [-0.1, -0.05) is 67.9 Å². The van der Waals surface area contributed by atoms with E-state index in [9.17, 15) is 28.8 Å². The first-order chi connectivity index (χ1) is 30.8. The number of nitrogens with two attached hydrogens (primary N) is 3. The van der Waals surface area contributed by atoms with Crippen LogP contribution in [0.3, 0.4) is 0 Å². The Kier molecular flexibility index (Phi) is 17.5. The smallest absolute Gasteiger partial charge is 0.246 e. The van der Waals surface area contributed by atoms with Gasteiger partial charge in [0.05, 0.1) is 13.7 Å². The lowest BCUT2D eigenvalue weighted by molar-refractivity contribution is -0.138. The van der Waals surface area contributed by atoms with Crippen LogP contribution in [-0.4, -0.2) is 103 Å². The number of amides is 6. The van der Waals surface area contributed by atoms with E-state index in [1.165, 1.54) is 0 Å². The summed E-state index contributed by atoms with van der Waals surface area (Å²) in [7, 11) is 1.59. The topological polar surface area (TPSA) is 281 Å². The number of para-hydroxylation sites is 1. The van der Waals surface area contributed by atoms with Crippen LogP contribution in [-0.2, 0) is 41.6 Å². The number of aromatic nitrogens is 1. The highest BCUT2D eigenvalue weighted by Crippen LogP contribution is 2.30. The molecule has 1 fully saturated rings. The Morgan fingerprint density at radius 1 is 0.812 bits per heavy atom. The van der Waals surface area contributed by atoms with Gasteiger partial charge in [-0.2, -0.15) is 0 Å². The third-order valence-corrected chi connectivity index (χ3v) is 11.3. The molecule has 4 aromatic rings. The average Bonchev–Trinajstić information content (AvgIpc) is 3.70. The molecule has 1 aromatic heterocycles. The number of fused-ring (bicyclic) bond motifs is 1. The summed E-state index contributed by atoms with van der Waals surface area (Å²) in [5, 5.41) is 15.0. The van der Waals surface area contributed by atoms with Crippen LogP contribution in [0.25, 0.3) is 10.9 Å². The van der Waals surface area contributed by atoms with Crippen molar-refractivity contribution in [3.63, 3.8) is 0 Å². The molecular weight excluding hydrogens is 819 g/mol. The van der Waals surface area contributed by atoms with Gasteiger partial charge < -0.3 is 58.4 Å². The number of hydrogen-bond donors (Lipinski definition) is 9. The lowest BCUT2D eigenvalue weighted by Gasteiger charge is -2.42. The van der Waals surface area contributed by atoms with Crippen molar-refractivity contribution in [3.05, 3.63) is 96.2 Å². The summed E-state index contributed by atoms with van der Waals surface area (Å²) in [6.45, 7) is 2.51. The zero-order chi connectivity index (χ0) is 46.1. The van der Waals surface area contributed by atoms with Crippen molar-refractivity contribution < 1.29 is 33.5 Å². The summed E-state index contributed by atoms with van der Waals surface area (Å²) in [5.74, 6) is -3.07. The van der Waals surface area contributed by atoms with E-state index in [-0.39, 0.29) is 63.4 Å². The van der Waals surface area contributed by atoms with Crippen LogP contribution in [0.5, 0.6) is 5.75 Å². The minimum Gasteiger partial charge on any atom is -0.497 e. The van der Waals surface area contributed by atoms with E-state index in [0.29, 0.717) is 25.3 Å². The summed E-state index contributed by atoms with van der Waals surface area (Å²) in [5.41, 5.74) is 18.3. The molecule has 18 nitrogen and oxygen atoms in total. The van der Waals surface area contributed by atoms with Gasteiger partial charge in [-0.25, -0.2) is 0 Å². The molecule has 0 radical (unpaired) electrons. The second kappa shape index (κ2) is 23.4.